The number of fused-ring (bicyclic) bond motifs is 10. The van der Waals surface area contributed by atoms with Crippen LogP contribution in [0, 0.1) is 80.8 Å². The van der Waals surface area contributed by atoms with Gasteiger partial charge in [0.1, 0.15) is 29.9 Å². The Morgan fingerprint density at radius 3 is 1.22 bits per heavy atom. The second kappa shape index (κ2) is 19.9. The predicted molar refractivity (Wildman–Crippen MR) is 276 cm³/mol. The molecular weight excluding hydrogens is 901 g/mol. The zero-order valence-electron chi connectivity index (χ0n) is 43.8. The van der Waals surface area contributed by atoms with Crippen LogP contribution in [0.25, 0.3) is 0 Å². The Morgan fingerprint density at radius 2 is 0.792 bits per heavy atom. The lowest BCUT2D eigenvalue weighted by Gasteiger charge is -2.62. The third kappa shape index (κ3) is 9.01. The number of ketones is 2. The Labute approximate surface area is 428 Å². The zero-order valence-corrected chi connectivity index (χ0v) is 43.8. The van der Waals surface area contributed by atoms with E-state index < -0.39 is 0 Å². The van der Waals surface area contributed by atoms with Crippen molar-refractivity contribution in [1.82, 2.24) is 0 Å². The number of benzene rings is 3. The second-order valence-corrected chi connectivity index (χ2v) is 25.2. The minimum atomic E-state index is -0.308. The average Bonchev–Trinajstić information content (AvgIpc) is 3.93. The van der Waals surface area contributed by atoms with E-state index >= 15 is 0 Å². The Kier molecular flexibility index (Phi) is 14.1. The van der Waals surface area contributed by atoms with Crippen LogP contribution >= 0.6 is 0 Å². The van der Waals surface area contributed by atoms with E-state index in [2.05, 4.69) is 27.7 Å². The van der Waals surface area contributed by atoms with Crippen molar-refractivity contribution in [2.75, 3.05) is 0 Å². The van der Waals surface area contributed by atoms with E-state index in [1.165, 1.54) is 0 Å². The molecule has 0 heterocycles. The number of Topliss-reactive ketones (excluding diaryl/α,β-unsaturated/α-hetero) is 2. The summed E-state index contributed by atoms with van der Waals surface area (Å²) in [6.45, 7) is 13.1. The molecule has 8 aliphatic rings. The topological polar surface area (TPSA) is 133 Å². The van der Waals surface area contributed by atoms with Crippen molar-refractivity contribution in [3.8, 4) is 0 Å². The van der Waals surface area contributed by atoms with Crippen LogP contribution in [0.15, 0.2) is 91.0 Å². The molecule has 1 N–H and O–H groups in total. The molecule has 9 nitrogen and oxygen atoms in total. The number of ether oxygens (including phenoxy) is 3. The first-order valence-corrected chi connectivity index (χ1v) is 27.9. The van der Waals surface area contributed by atoms with Gasteiger partial charge in [-0.3, -0.25) is 9.59 Å². The summed E-state index contributed by atoms with van der Waals surface area (Å²) in [7, 11) is 0. The fraction of sp³-hybridized carbons (Fsp3) is 0.635. The average molecular weight is 981 g/mol. The number of aliphatic hydroxyl groups is 1. The molecule has 0 bridgehead atoms. The molecule has 0 saturated heterocycles. The maximum absolute atomic E-state index is 13.4. The van der Waals surface area contributed by atoms with Crippen molar-refractivity contribution in [2.45, 2.75) is 169 Å². The summed E-state index contributed by atoms with van der Waals surface area (Å²) in [5, 5.41) is 11.4. The summed E-state index contributed by atoms with van der Waals surface area (Å²) >= 11 is 0. The molecule has 8 saturated carbocycles. The third-order valence-corrected chi connectivity index (χ3v) is 22.1. The van der Waals surface area contributed by atoms with Crippen LogP contribution in [0.5, 0.6) is 0 Å². The number of esters is 3. The van der Waals surface area contributed by atoms with Gasteiger partial charge in [-0.1, -0.05) is 82.3 Å². The minimum Gasteiger partial charge on any atom is -0.459 e. The SMILES string of the molecule is CC(=O)C1CCC2C3C(CC[C@]12C)[C@@]1(C)CC[C@H](OC(=O)c2ccccc2)CC1C[C@H]3O.CC(=O)C1CCC2C3C(CC[C@]12C)[C@@]1(C)CC[C@H](OC(=O)c2ccccc2)CC1C[C@H]3OC(=O)c1ccccc1. The maximum atomic E-state index is 13.4. The molecule has 9 heteroatoms. The van der Waals surface area contributed by atoms with E-state index in [4.69, 9.17) is 14.2 Å². The van der Waals surface area contributed by atoms with Gasteiger partial charge in [-0.2, -0.15) is 0 Å². The summed E-state index contributed by atoms with van der Waals surface area (Å²) in [5.74, 6) is 3.17. The molecule has 0 radical (unpaired) electrons. The molecule has 8 aliphatic carbocycles. The normalized spacial score (nSPS) is 41.4. The fourth-order valence-electron chi connectivity index (χ4n) is 18.4. The van der Waals surface area contributed by atoms with Crippen LogP contribution in [0.3, 0.4) is 0 Å². The highest BCUT2D eigenvalue weighted by Gasteiger charge is 2.65. The van der Waals surface area contributed by atoms with Crippen molar-refractivity contribution in [3.63, 3.8) is 0 Å². The number of aliphatic hydroxyl groups excluding tert-OH is 1. The van der Waals surface area contributed by atoms with Crippen LogP contribution in [0.1, 0.15) is 175 Å². The highest BCUT2D eigenvalue weighted by atomic mass is 16.6. The summed E-state index contributed by atoms with van der Waals surface area (Å²) in [6, 6.07) is 27.7. The van der Waals surface area contributed by atoms with Gasteiger partial charge in [-0.05, 0) is 216 Å². The van der Waals surface area contributed by atoms with Gasteiger partial charge in [0.25, 0.3) is 0 Å². The van der Waals surface area contributed by atoms with Crippen molar-refractivity contribution >= 4 is 29.5 Å². The molecule has 8 fully saturated rings. The molecule has 386 valence electrons. The van der Waals surface area contributed by atoms with E-state index in [9.17, 15) is 29.1 Å². The van der Waals surface area contributed by atoms with Crippen LogP contribution in [0.2, 0.25) is 0 Å². The predicted octanol–water partition coefficient (Wildman–Crippen LogP) is 12.7. The second-order valence-electron chi connectivity index (χ2n) is 25.2. The largest absolute Gasteiger partial charge is 0.459 e. The van der Waals surface area contributed by atoms with Crippen molar-refractivity contribution in [1.29, 1.82) is 0 Å². The van der Waals surface area contributed by atoms with Gasteiger partial charge >= 0.3 is 17.9 Å². The Bertz CT molecular complexity index is 2470. The van der Waals surface area contributed by atoms with Gasteiger partial charge in [0.2, 0.25) is 0 Å². The lowest BCUT2D eigenvalue weighted by atomic mass is 9.44. The van der Waals surface area contributed by atoms with Crippen molar-refractivity contribution in [2.24, 2.45) is 80.8 Å². The standard InChI is InChI=1S/C35H42O5.C28H38O4/c1-22(36)27-14-15-28-31-29(17-19-35(27,28)3)34(2)18-16-26(39-32(37)23-10-6-4-7-11-23)20-25(34)21-30(31)40-33(38)24-12-8-5-9-13-24;1-17(29)21-9-10-22-25-23(12-14-28(21,22)3)27(2)13-11-20(15-19(27)16-24(25)30)32-26(31)18-7-5-4-6-8-18/h4-13,25-31H,14-21H2,1-3H3;4-8,19-25,30H,9-16H2,1-3H3/t25?,26-,27?,28?,29?,30+,31?,34-,35+;19?,20-,21?,22?,23?,24+,25?,27-,28+/m00/s1. The van der Waals surface area contributed by atoms with E-state index in [0.29, 0.717) is 69.7 Å². The summed E-state index contributed by atoms with van der Waals surface area (Å²) in [4.78, 5) is 63.9. The fourth-order valence-corrected chi connectivity index (χ4v) is 18.4. The number of hydrogen-bond acceptors (Lipinski definition) is 9. The summed E-state index contributed by atoms with van der Waals surface area (Å²) in [6.07, 6.45) is 14.7. The van der Waals surface area contributed by atoms with E-state index in [-0.39, 0.29) is 81.7 Å². The van der Waals surface area contributed by atoms with Gasteiger partial charge in [-0.15, -0.1) is 0 Å². The smallest absolute Gasteiger partial charge is 0.338 e. The number of carbonyl (C=O) groups excluding carboxylic acids is 5. The van der Waals surface area contributed by atoms with Gasteiger partial charge in [-0.25, -0.2) is 14.4 Å². The van der Waals surface area contributed by atoms with Gasteiger partial charge < -0.3 is 19.3 Å². The van der Waals surface area contributed by atoms with Crippen molar-refractivity contribution in [3.05, 3.63) is 108 Å². The number of carbonyl (C=O) groups is 5. The minimum absolute atomic E-state index is 0.0317. The van der Waals surface area contributed by atoms with E-state index in [1.807, 2.05) is 66.7 Å². The van der Waals surface area contributed by atoms with Crippen LogP contribution in [0.4, 0.5) is 0 Å². The number of rotatable bonds is 8. The quantitative estimate of drug-likeness (QED) is 0.173. The van der Waals surface area contributed by atoms with Gasteiger partial charge in [0.05, 0.1) is 22.8 Å². The molecule has 3 aromatic rings. The Balaban J connectivity index is 0.000000170. The Hall–Kier alpha value is -4.63. The first-order chi connectivity index (χ1) is 34.4. The first-order valence-electron chi connectivity index (χ1n) is 27.9. The van der Waals surface area contributed by atoms with E-state index in [0.717, 1.165) is 103 Å². The lowest BCUT2D eigenvalue weighted by molar-refractivity contribution is -0.175. The zero-order chi connectivity index (χ0) is 50.7. The van der Waals surface area contributed by atoms with Crippen LogP contribution in [-0.2, 0) is 23.8 Å². The van der Waals surface area contributed by atoms with Gasteiger partial charge in [0, 0.05) is 17.8 Å². The summed E-state index contributed by atoms with van der Waals surface area (Å²) < 4.78 is 18.4. The maximum Gasteiger partial charge on any atom is 0.338 e. The molecule has 0 spiro atoms. The molecule has 72 heavy (non-hydrogen) atoms. The van der Waals surface area contributed by atoms with Crippen molar-refractivity contribution < 1.29 is 43.3 Å². The summed E-state index contributed by atoms with van der Waals surface area (Å²) in [5.41, 5.74) is 2.09. The highest BCUT2D eigenvalue weighted by molar-refractivity contribution is 5.90. The molecule has 10 unspecified atom stereocenters. The third-order valence-electron chi connectivity index (χ3n) is 22.1. The van der Waals surface area contributed by atoms with Crippen LogP contribution in [-0.4, -0.2) is 59.0 Å². The Morgan fingerprint density at radius 1 is 0.431 bits per heavy atom. The van der Waals surface area contributed by atoms with Crippen LogP contribution < -0.4 is 0 Å². The molecule has 0 aliphatic heterocycles. The monoisotopic (exact) mass is 981 g/mol. The van der Waals surface area contributed by atoms with E-state index in [1.54, 1.807) is 38.1 Å². The molecule has 11 rings (SSSR count). The molecule has 18 atom stereocenters. The molecule has 0 aromatic heterocycles. The lowest BCUT2D eigenvalue weighted by Crippen LogP contribution is -2.59. The molecule has 0 amide bonds. The molecule has 3 aromatic carbocycles. The molecular formula is C63H80O9. The van der Waals surface area contributed by atoms with Gasteiger partial charge in [0.15, 0.2) is 0 Å². The first kappa shape index (κ1) is 50.9. The highest BCUT2D eigenvalue weighted by Crippen LogP contribution is 2.69. The number of hydrogen-bond donors (Lipinski definition) is 1.